The lowest BCUT2D eigenvalue weighted by molar-refractivity contribution is -0.120. The van der Waals surface area contributed by atoms with E-state index < -0.39 is 17.6 Å². The van der Waals surface area contributed by atoms with Crippen LogP contribution in [0.5, 0.6) is 0 Å². The van der Waals surface area contributed by atoms with Gasteiger partial charge in [-0.15, -0.1) is 0 Å². The summed E-state index contributed by atoms with van der Waals surface area (Å²) in [6.07, 6.45) is 4.62. The highest BCUT2D eigenvalue weighted by Gasteiger charge is 2.11. The quantitative estimate of drug-likeness (QED) is 0.640. The molecule has 0 aliphatic heterocycles. The average Bonchev–Trinajstić information content (AvgIpc) is 2.54. The van der Waals surface area contributed by atoms with Crippen LogP contribution in [0.3, 0.4) is 0 Å². The standard InChI is InChI=1S/C15H13FN4O2/c16-13-6-2-1-5-12(13)15(22)18-10-14(21)20-19-9-11-4-3-7-17-8-11/h1-9H,10H2,(H,18,22)(H,20,21)/b19-9-. The summed E-state index contributed by atoms with van der Waals surface area (Å²) in [7, 11) is 0. The highest BCUT2D eigenvalue weighted by molar-refractivity contribution is 5.96. The highest BCUT2D eigenvalue weighted by Crippen LogP contribution is 2.05. The van der Waals surface area contributed by atoms with Crippen molar-refractivity contribution < 1.29 is 14.0 Å². The maximum atomic E-state index is 13.4. The number of rotatable bonds is 5. The van der Waals surface area contributed by atoms with Gasteiger partial charge in [-0.25, -0.2) is 9.82 Å². The number of hydrogen-bond donors (Lipinski definition) is 2. The van der Waals surface area contributed by atoms with E-state index in [1.165, 1.54) is 30.5 Å². The van der Waals surface area contributed by atoms with Crippen molar-refractivity contribution in [3.05, 3.63) is 65.7 Å². The minimum Gasteiger partial charge on any atom is -0.343 e. The second kappa shape index (κ2) is 7.63. The van der Waals surface area contributed by atoms with E-state index in [-0.39, 0.29) is 12.1 Å². The predicted octanol–water partition coefficient (Wildman–Crippen LogP) is 1.10. The molecule has 112 valence electrons. The van der Waals surface area contributed by atoms with Crippen molar-refractivity contribution in [3.63, 3.8) is 0 Å². The lowest BCUT2D eigenvalue weighted by Gasteiger charge is -2.04. The molecule has 7 heteroatoms. The molecule has 1 aromatic heterocycles. The molecular weight excluding hydrogens is 287 g/mol. The molecular formula is C15H13FN4O2. The molecule has 22 heavy (non-hydrogen) atoms. The molecule has 0 atom stereocenters. The molecule has 1 aromatic carbocycles. The summed E-state index contributed by atoms with van der Waals surface area (Å²) in [6.45, 7) is -0.308. The minimum atomic E-state index is -0.663. The van der Waals surface area contributed by atoms with E-state index in [0.29, 0.717) is 0 Å². The molecule has 1 heterocycles. The lowest BCUT2D eigenvalue weighted by atomic mass is 10.2. The van der Waals surface area contributed by atoms with Crippen LogP contribution in [0.1, 0.15) is 15.9 Å². The summed E-state index contributed by atoms with van der Waals surface area (Å²) >= 11 is 0. The molecule has 6 nitrogen and oxygen atoms in total. The van der Waals surface area contributed by atoms with Gasteiger partial charge in [0.1, 0.15) is 5.82 Å². The first kappa shape index (κ1) is 15.3. The van der Waals surface area contributed by atoms with Gasteiger partial charge in [0.15, 0.2) is 0 Å². The Morgan fingerprint density at radius 1 is 1.23 bits per heavy atom. The number of nitrogens with zero attached hydrogens (tertiary/aromatic N) is 2. The Bertz CT molecular complexity index is 689. The number of amides is 2. The summed E-state index contributed by atoms with van der Waals surface area (Å²) in [6, 6.07) is 9.03. The smallest absolute Gasteiger partial charge is 0.259 e. The fraction of sp³-hybridized carbons (Fsp3) is 0.0667. The second-order valence-corrected chi connectivity index (χ2v) is 4.24. The van der Waals surface area contributed by atoms with Gasteiger partial charge in [-0.2, -0.15) is 5.10 Å². The molecule has 2 rings (SSSR count). The topological polar surface area (TPSA) is 83.5 Å². The second-order valence-electron chi connectivity index (χ2n) is 4.24. The van der Waals surface area contributed by atoms with Gasteiger partial charge in [0.25, 0.3) is 11.8 Å². The Balaban J connectivity index is 1.80. The van der Waals surface area contributed by atoms with Crippen LogP contribution in [0.15, 0.2) is 53.9 Å². The van der Waals surface area contributed by atoms with Gasteiger partial charge in [-0.1, -0.05) is 18.2 Å². The first-order chi connectivity index (χ1) is 10.7. The van der Waals surface area contributed by atoms with Crippen molar-refractivity contribution in [2.75, 3.05) is 6.54 Å². The Kier molecular flexibility index (Phi) is 5.31. The SMILES string of the molecule is O=C(CNC(=O)c1ccccc1F)N/N=C\c1cccnc1. The first-order valence-corrected chi connectivity index (χ1v) is 6.41. The fourth-order valence-corrected chi connectivity index (χ4v) is 1.57. The Hall–Kier alpha value is -3.09. The molecule has 0 aliphatic carbocycles. The van der Waals surface area contributed by atoms with Gasteiger partial charge in [0, 0.05) is 18.0 Å². The normalized spacial score (nSPS) is 10.4. The van der Waals surface area contributed by atoms with Crippen molar-refractivity contribution in [2.24, 2.45) is 5.10 Å². The van der Waals surface area contributed by atoms with Gasteiger partial charge in [0.2, 0.25) is 0 Å². The number of benzene rings is 1. The molecule has 2 N–H and O–H groups in total. The Labute approximate surface area is 126 Å². The maximum absolute atomic E-state index is 13.4. The van der Waals surface area contributed by atoms with E-state index in [0.717, 1.165) is 5.56 Å². The largest absolute Gasteiger partial charge is 0.343 e. The van der Waals surface area contributed by atoms with Crippen molar-refractivity contribution in [1.29, 1.82) is 0 Å². The average molecular weight is 300 g/mol. The Morgan fingerprint density at radius 3 is 2.77 bits per heavy atom. The molecule has 2 aromatic rings. The highest BCUT2D eigenvalue weighted by atomic mass is 19.1. The number of nitrogens with one attached hydrogen (secondary N) is 2. The zero-order chi connectivity index (χ0) is 15.8. The number of aromatic nitrogens is 1. The van der Waals surface area contributed by atoms with Crippen LogP contribution in [-0.2, 0) is 4.79 Å². The Morgan fingerprint density at radius 2 is 2.05 bits per heavy atom. The molecule has 0 bridgehead atoms. The summed E-state index contributed by atoms with van der Waals surface area (Å²) in [4.78, 5) is 27.1. The van der Waals surface area contributed by atoms with Crippen molar-refractivity contribution in [3.8, 4) is 0 Å². The van der Waals surface area contributed by atoms with Crippen LogP contribution >= 0.6 is 0 Å². The van der Waals surface area contributed by atoms with Gasteiger partial charge < -0.3 is 5.32 Å². The van der Waals surface area contributed by atoms with E-state index in [1.54, 1.807) is 24.5 Å². The molecule has 0 spiro atoms. The zero-order valence-electron chi connectivity index (χ0n) is 11.5. The predicted molar refractivity (Wildman–Crippen MR) is 78.7 cm³/mol. The number of hydrogen-bond acceptors (Lipinski definition) is 4. The van der Waals surface area contributed by atoms with Gasteiger partial charge in [-0.3, -0.25) is 14.6 Å². The van der Waals surface area contributed by atoms with Crippen LogP contribution in [0, 0.1) is 5.82 Å². The van der Waals surface area contributed by atoms with Crippen LogP contribution in [-0.4, -0.2) is 29.6 Å². The summed E-state index contributed by atoms with van der Waals surface area (Å²) in [5.41, 5.74) is 2.85. The van der Waals surface area contributed by atoms with Crippen molar-refractivity contribution in [1.82, 2.24) is 15.7 Å². The third kappa shape index (κ3) is 4.48. The van der Waals surface area contributed by atoms with E-state index in [2.05, 4.69) is 20.8 Å². The number of carbonyl (C=O) groups is 2. The number of pyridine rings is 1. The number of carbonyl (C=O) groups excluding carboxylic acids is 2. The van der Waals surface area contributed by atoms with E-state index in [9.17, 15) is 14.0 Å². The van der Waals surface area contributed by atoms with Crippen molar-refractivity contribution >= 4 is 18.0 Å². The monoisotopic (exact) mass is 300 g/mol. The van der Waals surface area contributed by atoms with E-state index in [4.69, 9.17) is 0 Å². The third-order valence-electron chi connectivity index (χ3n) is 2.62. The molecule has 0 aliphatic rings. The van der Waals surface area contributed by atoms with Crippen LogP contribution in [0.4, 0.5) is 4.39 Å². The summed E-state index contributed by atoms with van der Waals surface area (Å²) in [5.74, 6) is -1.83. The molecule has 0 saturated heterocycles. The van der Waals surface area contributed by atoms with Gasteiger partial charge >= 0.3 is 0 Å². The van der Waals surface area contributed by atoms with E-state index in [1.807, 2.05) is 0 Å². The number of hydrazone groups is 1. The molecule has 0 fully saturated rings. The maximum Gasteiger partial charge on any atom is 0.259 e. The fourth-order valence-electron chi connectivity index (χ4n) is 1.57. The van der Waals surface area contributed by atoms with Crippen LogP contribution in [0.2, 0.25) is 0 Å². The van der Waals surface area contributed by atoms with Crippen LogP contribution in [0.25, 0.3) is 0 Å². The summed E-state index contributed by atoms with van der Waals surface area (Å²) < 4.78 is 13.4. The minimum absolute atomic E-state index is 0.117. The zero-order valence-corrected chi connectivity index (χ0v) is 11.5. The third-order valence-corrected chi connectivity index (χ3v) is 2.62. The first-order valence-electron chi connectivity index (χ1n) is 6.41. The van der Waals surface area contributed by atoms with Crippen LogP contribution < -0.4 is 10.7 Å². The van der Waals surface area contributed by atoms with Gasteiger partial charge in [0.05, 0.1) is 18.3 Å². The van der Waals surface area contributed by atoms with E-state index >= 15 is 0 Å². The molecule has 0 saturated carbocycles. The summed E-state index contributed by atoms with van der Waals surface area (Å²) in [5, 5.41) is 6.03. The van der Waals surface area contributed by atoms with Gasteiger partial charge in [-0.05, 0) is 18.2 Å². The molecule has 2 amide bonds. The number of halogens is 1. The van der Waals surface area contributed by atoms with Crippen molar-refractivity contribution in [2.45, 2.75) is 0 Å². The molecule has 0 radical (unpaired) electrons. The molecule has 0 unspecified atom stereocenters. The lowest BCUT2D eigenvalue weighted by Crippen LogP contribution is -2.35.